The van der Waals surface area contributed by atoms with E-state index in [0.29, 0.717) is 6.04 Å². The summed E-state index contributed by atoms with van der Waals surface area (Å²) in [7, 11) is 3.41. The average molecular weight is 389 g/mol. The number of hydrogen-bond donors (Lipinski definition) is 0. The van der Waals surface area contributed by atoms with Gasteiger partial charge in [0, 0.05) is 37.1 Å². The van der Waals surface area contributed by atoms with Gasteiger partial charge in [-0.1, -0.05) is 30.3 Å². The lowest BCUT2D eigenvalue weighted by atomic mass is 10.1. The van der Waals surface area contributed by atoms with Gasteiger partial charge in [-0.3, -0.25) is 4.90 Å². The molecule has 0 aliphatic carbocycles. The molecule has 0 saturated carbocycles. The van der Waals surface area contributed by atoms with Gasteiger partial charge in [0.15, 0.2) is 0 Å². The first-order chi connectivity index (χ1) is 14.3. The van der Waals surface area contributed by atoms with E-state index in [1.165, 1.54) is 16.9 Å². The summed E-state index contributed by atoms with van der Waals surface area (Å²) in [5, 5.41) is 0. The molecule has 29 heavy (non-hydrogen) atoms. The van der Waals surface area contributed by atoms with Crippen molar-refractivity contribution in [1.29, 1.82) is 0 Å². The van der Waals surface area contributed by atoms with E-state index < -0.39 is 0 Å². The lowest BCUT2D eigenvalue weighted by Crippen LogP contribution is -2.34. The third-order valence-electron chi connectivity index (χ3n) is 5.56. The lowest BCUT2D eigenvalue weighted by molar-refractivity contribution is 0.326. The number of hydrogen-bond acceptors (Lipinski definition) is 4. The predicted octanol–water partition coefficient (Wildman–Crippen LogP) is 5.12. The van der Waals surface area contributed by atoms with Crippen LogP contribution in [-0.2, 0) is 6.54 Å². The maximum absolute atomic E-state index is 5.35. The standard InChI is InChI=1S/C25H28N2O2/c1-28-24-12-8-21(9-13-24)27(22-10-14-25(29-2)15-11-22)23-16-17-26(19-23)18-20-6-4-3-5-7-20/h3-15,23H,16-19H2,1-2H3. The first kappa shape index (κ1) is 19.3. The topological polar surface area (TPSA) is 24.9 Å². The van der Waals surface area contributed by atoms with Crippen molar-refractivity contribution < 1.29 is 9.47 Å². The van der Waals surface area contributed by atoms with Crippen LogP contribution in [0.4, 0.5) is 11.4 Å². The molecule has 0 N–H and O–H groups in total. The third kappa shape index (κ3) is 4.54. The summed E-state index contributed by atoms with van der Waals surface area (Å²) >= 11 is 0. The SMILES string of the molecule is COc1ccc(N(c2ccc(OC)cc2)C2CCN(Cc3ccccc3)C2)cc1. The molecule has 3 aromatic carbocycles. The molecular formula is C25H28N2O2. The number of ether oxygens (including phenoxy) is 2. The smallest absolute Gasteiger partial charge is 0.119 e. The normalized spacial score (nSPS) is 16.6. The summed E-state index contributed by atoms with van der Waals surface area (Å²) in [4.78, 5) is 4.99. The van der Waals surface area contributed by atoms with E-state index in [4.69, 9.17) is 9.47 Å². The summed E-state index contributed by atoms with van der Waals surface area (Å²) < 4.78 is 10.7. The minimum atomic E-state index is 0.417. The van der Waals surface area contributed by atoms with Gasteiger partial charge in [-0.25, -0.2) is 0 Å². The Hall–Kier alpha value is -2.98. The Bertz CT molecular complexity index is 847. The number of benzene rings is 3. The van der Waals surface area contributed by atoms with Crippen molar-refractivity contribution >= 4 is 11.4 Å². The molecule has 0 amide bonds. The van der Waals surface area contributed by atoms with Gasteiger partial charge in [0.25, 0.3) is 0 Å². The number of nitrogens with zero attached hydrogens (tertiary/aromatic N) is 2. The zero-order valence-electron chi connectivity index (χ0n) is 17.1. The van der Waals surface area contributed by atoms with Crippen LogP contribution >= 0.6 is 0 Å². The molecule has 150 valence electrons. The molecule has 4 nitrogen and oxygen atoms in total. The minimum Gasteiger partial charge on any atom is -0.497 e. The van der Waals surface area contributed by atoms with Gasteiger partial charge < -0.3 is 14.4 Å². The Morgan fingerprint density at radius 3 is 1.86 bits per heavy atom. The molecular weight excluding hydrogens is 360 g/mol. The molecule has 0 aromatic heterocycles. The van der Waals surface area contributed by atoms with Gasteiger partial charge in [0.1, 0.15) is 11.5 Å². The average Bonchev–Trinajstić information content (AvgIpc) is 3.23. The fraction of sp³-hybridized carbons (Fsp3) is 0.280. The quantitative estimate of drug-likeness (QED) is 0.561. The zero-order chi connectivity index (χ0) is 20.1. The molecule has 0 radical (unpaired) electrons. The molecule has 1 unspecified atom stereocenters. The first-order valence-electron chi connectivity index (χ1n) is 10.1. The molecule has 4 rings (SSSR count). The van der Waals surface area contributed by atoms with Crippen molar-refractivity contribution in [3.05, 3.63) is 84.4 Å². The maximum atomic E-state index is 5.35. The minimum absolute atomic E-state index is 0.417. The van der Waals surface area contributed by atoms with Crippen LogP contribution in [0.1, 0.15) is 12.0 Å². The van der Waals surface area contributed by atoms with Crippen molar-refractivity contribution in [3.8, 4) is 11.5 Å². The van der Waals surface area contributed by atoms with Gasteiger partial charge in [0.2, 0.25) is 0 Å². The Morgan fingerprint density at radius 1 is 0.793 bits per heavy atom. The molecule has 3 aromatic rings. The van der Waals surface area contributed by atoms with E-state index in [1.807, 2.05) is 24.3 Å². The molecule has 4 heteroatoms. The number of anilines is 2. The molecule has 1 saturated heterocycles. The van der Waals surface area contributed by atoms with Crippen LogP contribution in [0, 0.1) is 0 Å². The summed E-state index contributed by atoms with van der Waals surface area (Å²) in [5.74, 6) is 1.75. The van der Waals surface area contributed by atoms with E-state index in [2.05, 4.69) is 64.4 Å². The van der Waals surface area contributed by atoms with Crippen LogP contribution < -0.4 is 14.4 Å². The van der Waals surface area contributed by atoms with Crippen molar-refractivity contribution in [1.82, 2.24) is 4.90 Å². The van der Waals surface area contributed by atoms with Gasteiger partial charge >= 0.3 is 0 Å². The van der Waals surface area contributed by atoms with Gasteiger partial charge in [-0.2, -0.15) is 0 Å². The van der Waals surface area contributed by atoms with Crippen molar-refractivity contribution in [2.75, 3.05) is 32.2 Å². The van der Waals surface area contributed by atoms with Crippen LogP contribution in [0.15, 0.2) is 78.9 Å². The third-order valence-corrected chi connectivity index (χ3v) is 5.56. The van der Waals surface area contributed by atoms with Crippen LogP contribution in [0.25, 0.3) is 0 Å². The van der Waals surface area contributed by atoms with Crippen LogP contribution in [-0.4, -0.2) is 38.3 Å². The number of likely N-dealkylation sites (tertiary alicyclic amines) is 1. The fourth-order valence-electron chi connectivity index (χ4n) is 4.06. The van der Waals surface area contributed by atoms with Gasteiger partial charge in [0.05, 0.1) is 14.2 Å². The molecule has 0 spiro atoms. The molecule has 1 atom stereocenters. The number of rotatable bonds is 7. The Morgan fingerprint density at radius 2 is 1.34 bits per heavy atom. The molecule has 0 bridgehead atoms. The van der Waals surface area contributed by atoms with E-state index >= 15 is 0 Å². The lowest BCUT2D eigenvalue weighted by Gasteiger charge is -2.32. The molecule has 1 aliphatic heterocycles. The van der Waals surface area contributed by atoms with E-state index in [9.17, 15) is 0 Å². The summed E-state index contributed by atoms with van der Waals surface area (Å²) in [6, 6.07) is 27.8. The second-order valence-corrected chi connectivity index (χ2v) is 7.43. The fourth-order valence-corrected chi connectivity index (χ4v) is 4.06. The highest BCUT2D eigenvalue weighted by molar-refractivity contribution is 5.65. The number of methoxy groups -OCH3 is 2. The van der Waals surface area contributed by atoms with Crippen LogP contribution in [0.5, 0.6) is 11.5 Å². The predicted molar refractivity (Wildman–Crippen MR) is 118 cm³/mol. The summed E-state index contributed by atoms with van der Waals surface area (Å²) in [6.45, 7) is 3.13. The first-order valence-corrected chi connectivity index (χ1v) is 10.1. The van der Waals surface area contributed by atoms with E-state index in [0.717, 1.165) is 37.6 Å². The highest BCUT2D eigenvalue weighted by atomic mass is 16.5. The largest absolute Gasteiger partial charge is 0.497 e. The van der Waals surface area contributed by atoms with Crippen molar-refractivity contribution in [2.24, 2.45) is 0 Å². The molecule has 1 heterocycles. The highest BCUT2D eigenvalue weighted by Crippen LogP contribution is 2.34. The summed E-state index contributed by atoms with van der Waals surface area (Å²) in [6.07, 6.45) is 1.13. The van der Waals surface area contributed by atoms with Crippen molar-refractivity contribution in [3.63, 3.8) is 0 Å². The molecule has 1 aliphatic rings. The van der Waals surface area contributed by atoms with Crippen LogP contribution in [0.3, 0.4) is 0 Å². The second-order valence-electron chi connectivity index (χ2n) is 7.43. The van der Waals surface area contributed by atoms with E-state index in [1.54, 1.807) is 14.2 Å². The molecule has 1 fully saturated rings. The monoisotopic (exact) mass is 388 g/mol. The van der Waals surface area contributed by atoms with Gasteiger partial charge in [-0.05, 0) is 60.5 Å². The van der Waals surface area contributed by atoms with Crippen LogP contribution in [0.2, 0.25) is 0 Å². The maximum Gasteiger partial charge on any atom is 0.119 e. The van der Waals surface area contributed by atoms with E-state index in [-0.39, 0.29) is 0 Å². The highest BCUT2D eigenvalue weighted by Gasteiger charge is 2.29. The van der Waals surface area contributed by atoms with Gasteiger partial charge in [-0.15, -0.1) is 0 Å². The van der Waals surface area contributed by atoms with Crippen molar-refractivity contribution in [2.45, 2.75) is 19.0 Å². The second kappa shape index (κ2) is 9.01. The Balaban J connectivity index is 1.57. The zero-order valence-corrected chi connectivity index (χ0v) is 17.1. The Kier molecular flexibility index (Phi) is 6.01. The Labute approximate surface area is 173 Å². The summed E-state index contributed by atoms with van der Waals surface area (Å²) in [5.41, 5.74) is 3.73.